The molecule has 1 saturated carbocycles. The average Bonchev–Trinajstić information content (AvgIpc) is 3.07. The summed E-state index contributed by atoms with van der Waals surface area (Å²) in [5.74, 6) is 0.267. The van der Waals surface area contributed by atoms with Crippen molar-refractivity contribution in [3.63, 3.8) is 0 Å². The van der Waals surface area contributed by atoms with E-state index in [0.717, 1.165) is 12.3 Å². The molecule has 0 radical (unpaired) electrons. The van der Waals surface area contributed by atoms with E-state index >= 15 is 0 Å². The summed E-state index contributed by atoms with van der Waals surface area (Å²) in [4.78, 5) is 0. The van der Waals surface area contributed by atoms with Gasteiger partial charge in [0, 0.05) is 6.54 Å². The molecule has 1 aliphatic rings. The molecule has 1 fully saturated rings. The minimum Gasteiger partial charge on any atom is -0.243 e. The van der Waals surface area contributed by atoms with Crippen molar-refractivity contribution in [2.75, 3.05) is 0 Å². The molecule has 4 nitrogen and oxygen atoms in total. The Balaban J connectivity index is 2.05. The van der Waals surface area contributed by atoms with Crippen molar-refractivity contribution in [1.82, 2.24) is 15.0 Å². The topological polar surface area (TPSA) is 54.5 Å². The highest BCUT2D eigenvalue weighted by molar-refractivity contribution is 5.81. The van der Waals surface area contributed by atoms with Gasteiger partial charge in [0.15, 0.2) is 0 Å². The van der Waals surface area contributed by atoms with Crippen LogP contribution in [-0.2, 0) is 6.54 Å². The molecule has 1 aliphatic carbocycles. The Morgan fingerprint density at radius 3 is 3.00 bits per heavy atom. The van der Waals surface area contributed by atoms with Crippen LogP contribution in [0.25, 0.3) is 11.0 Å². The van der Waals surface area contributed by atoms with Crippen LogP contribution in [0.5, 0.6) is 0 Å². The molecule has 0 saturated heterocycles. The first kappa shape index (κ1) is 10.2. The number of hydrogen-bond donors (Lipinski definition) is 0. The smallest absolute Gasteiger partial charge is 0.143 e. The molecule has 1 heterocycles. The highest BCUT2D eigenvalue weighted by Crippen LogP contribution is 2.33. The van der Waals surface area contributed by atoms with Crippen LogP contribution in [0.1, 0.15) is 24.8 Å². The van der Waals surface area contributed by atoms with Crippen molar-refractivity contribution in [1.29, 1.82) is 5.26 Å². The number of nitriles is 1. The number of hydrogen-bond acceptors (Lipinski definition) is 3. The number of halogens is 1. The van der Waals surface area contributed by atoms with Gasteiger partial charge in [0.05, 0.1) is 0 Å². The van der Waals surface area contributed by atoms with Crippen LogP contribution in [-0.4, -0.2) is 15.0 Å². The summed E-state index contributed by atoms with van der Waals surface area (Å²) in [6.45, 7) is 0.708. The van der Waals surface area contributed by atoms with Gasteiger partial charge in [-0.15, -0.1) is 5.10 Å². The van der Waals surface area contributed by atoms with Crippen molar-refractivity contribution in [3.05, 3.63) is 23.5 Å². The second-order valence-corrected chi connectivity index (χ2v) is 4.45. The molecule has 2 aromatic rings. The van der Waals surface area contributed by atoms with Gasteiger partial charge in [-0.05, 0) is 24.5 Å². The summed E-state index contributed by atoms with van der Waals surface area (Å²) in [5.41, 5.74) is 1.15. The fraction of sp³-hybridized carbons (Fsp3) is 0.417. The molecule has 0 atom stereocenters. The quantitative estimate of drug-likeness (QED) is 0.812. The molecule has 17 heavy (non-hydrogen) atoms. The molecule has 0 unspecified atom stereocenters. The first-order chi connectivity index (χ1) is 8.29. The predicted octanol–water partition coefficient (Wildman–Crippen LogP) is 2.24. The standard InChI is InChI=1S/C12H11FN4/c13-10-3-4-11-12(9(10)7-14)17(16-15-11)6-5-8-1-2-8/h3-4,8H,1-2,5-6H2. The molecular formula is C12H11FN4. The van der Waals surface area contributed by atoms with Gasteiger partial charge >= 0.3 is 0 Å². The number of aromatic nitrogens is 3. The number of fused-ring (bicyclic) bond motifs is 1. The van der Waals surface area contributed by atoms with E-state index in [-0.39, 0.29) is 5.56 Å². The van der Waals surface area contributed by atoms with Gasteiger partial charge in [-0.25, -0.2) is 9.07 Å². The van der Waals surface area contributed by atoms with E-state index in [0.29, 0.717) is 17.6 Å². The SMILES string of the molecule is N#Cc1c(F)ccc2nnn(CCC3CC3)c12. The fourth-order valence-corrected chi connectivity index (χ4v) is 2.02. The molecule has 0 aliphatic heterocycles. The summed E-state index contributed by atoms with van der Waals surface area (Å²) in [5, 5.41) is 16.9. The second kappa shape index (κ2) is 3.81. The van der Waals surface area contributed by atoms with Gasteiger partial charge < -0.3 is 0 Å². The van der Waals surface area contributed by atoms with Crippen molar-refractivity contribution in [2.24, 2.45) is 5.92 Å². The monoisotopic (exact) mass is 230 g/mol. The second-order valence-electron chi connectivity index (χ2n) is 4.45. The van der Waals surface area contributed by atoms with Crippen molar-refractivity contribution in [2.45, 2.75) is 25.8 Å². The van der Waals surface area contributed by atoms with Crippen LogP contribution in [0.15, 0.2) is 12.1 Å². The largest absolute Gasteiger partial charge is 0.243 e. The molecule has 0 bridgehead atoms. The van der Waals surface area contributed by atoms with Crippen molar-refractivity contribution < 1.29 is 4.39 Å². The van der Waals surface area contributed by atoms with Crippen molar-refractivity contribution in [3.8, 4) is 6.07 Å². The molecule has 0 amide bonds. The third-order valence-corrected chi connectivity index (χ3v) is 3.18. The minimum absolute atomic E-state index is 0.0447. The first-order valence-corrected chi connectivity index (χ1v) is 5.71. The predicted molar refractivity (Wildman–Crippen MR) is 59.5 cm³/mol. The van der Waals surface area contributed by atoms with Crippen LogP contribution in [0.2, 0.25) is 0 Å². The zero-order chi connectivity index (χ0) is 11.8. The number of aryl methyl sites for hydroxylation is 1. The van der Waals surface area contributed by atoms with Crippen LogP contribution in [0, 0.1) is 23.1 Å². The van der Waals surface area contributed by atoms with E-state index in [4.69, 9.17) is 5.26 Å². The Morgan fingerprint density at radius 1 is 1.47 bits per heavy atom. The number of benzene rings is 1. The maximum atomic E-state index is 13.5. The van der Waals surface area contributed by atoms with E-state index in [9.17, 15) is 4.39 Å². The number of nitrogens with zero attached hydrogens (tertiary/aromatic N) is 4. The van der Waals surface area contributed by atoms with Crippen LogP contribution >= 0.6 is 0 Å². The maximum Gasteiger partial charge on any atom is 0.143 e. The Labute approximate surface area is 97.7 Å². The van der Waals surface area contributed by atoms with E-state index < -0.39 is 5.82 Å². The van der Waals surface area contributed by atoms with Crippen LogP contribution in [0.4, 0.5) is 4.39 Å². The summed E-state index contributed by atoms with van der Waals surface area (Å²) in [6.07, 6.45) is 3.57. The minimum atomic E-state index is -0.505. The third-order valence-electron chi connectivity index (χ3n) is 3.18. The van der Waals surface area contributed by atoms with Crippen LogP contribution in [0.3, 0.4) is 0 Å². The van der Waals surface area contributed by atoms with Crippen LogP contribution < -0.4 is 0 Å². The lowest BCUT2D eigenvalue weighted by atomic mass is 10.2. The molecule has 1 aromatic heterocycles. The molecule has 86 valence electrons. The molecule has 0 spiro atoms. The van der Waals surface area contributed by atoms with E-state index in [2.05, 4.69) is 10.3 Å². The average molecular weight is 230 g/mol. The Morgan fingerprint density at radius 2 is 2.29 bits per heavy atom. The summed E-state index contributed by atoms with van der Waals surface area (Å²) in [7, 11) is 0. The Bertz CT molecular complexity index is 607. The zero-order valence-corrected chi connectivity index (χ0v) is 9.23. The van der Waals surface area contributed by atoms with Crippen molar-refractivity contribution >= 4 is 11.0 Å². The van der Waals surface area contributed by atoms with Gasteiger partial charge in [0.2, 0.25) is 0 Å². The summed E-state index contributed by atoms with van der Waals surface area (Å²) < 4.78 is 15.1. The summed E-state index contributed by atoms with van der Waals surface area (Å²) >= 11 is 0. The molecule has 5 heteroatoms. The lowest BCUT2D eigenvalue weighted by Gasteiger charge is -2.02. The lowest BCUT2D eigenvalue weighted by Crippen LogP contribution is -2.03. The molecule has 3 rings (SSSR count). The third kappa shape index (κ3) is 1.76. The summed E-state index contributed by atoms with van der Waals surface area (Å²) in [6, 6.07) is 4.72. The van der Waals surface area contributed by atoms with Gasteiger partial charge in [0.1, 0.15) is 28.5 Å². The van der Waals surface area contributed by atoms with E-state index in [1.54, 1.807) is 10.7 Å². The van der Waals surface area contributed by atoms with E-state index in [1.807, 2.05) is 6.07 Å². The lowest BCUT2D eigenvalue weighted by molar-refractivity contribution is 0.542. The molecule has 0 N–H and O–H groups in total. The zero-order valence-electron chi connectivity index (χ0n) is 9.23. The fourth-order valence-electron chi connectivity index (χ4n) is 2.02. The van der Waals surface area contributed by atoms with Gasteiger partial charge in [0.25, 0.3) is 0 Å². The molecule has 1 aromatic carbocycles. The Kier molecular flexibility index (Phi) is 2.29. The first-order valence-electron chi connectivity index (χ1n) is 5.71. The van der Waals surface area contributed by atoms with Gasteiger partial charge in [-0.1, -0.05) is 18.1 Å². The molecular weight excluding hydrogens is 219 g/mol. The number of rotatable bonds is 3. The highest BCUT2D eigenvalue weighted by Gasteiger charge is 2.22. The Hall–Kier alpha value is -1.96. The van der Waals surface area contributed by atoms with Gasteiger partial charge in [-0.3, -0.25) is 0 Å². The highest BCUT2D eigenvalue weighted by atomic mass is 19.1. The van der Waals surface area contributed by atoms with E-state index in [1.165, 1.54) is 18.9 Å². The maximum absolute atomic E-state index is 13.5. The van der Waals surface area contributed by atoms with Gasteiger partial charge in [-0.2, -0.15) is 5.26 Å². The normalized spacial score (nSPS) is 15.1.